The van der Waals surface area contributed by atoms with Crippen molar-refractivity contribution >= 4 is 0 Å². The molecule has 4 aliphatic rings. The van der Waals surface area contributed by atoms with Crippen molar-refractivity contribution in [1.82, 2.24) is 0 Å². The molecule has 12 atom stereocenters. The molecule has 4 N–H and O–H groups in total. The van der Waals surface area contributed by atoms with E-state index < -0.39 is 87.2 Å². The first-order valence-electron chi connectivity index (χ1n) is 21.1. The van der Waals surface area contributed by atoms with Crippen LogP contribution in [0.15, 0.2) is 84.9 Å². The molecule has 4 saturated heterocycles. The van der Waals surface area contributed by atoms with E-state index in [4.69, 9.17) is 37.9 Å². The number of ether oxygens (including phenoxy) is 8. The minimum atomic E-state index is -1.09. The molecule has 4 aromatic carbocycles. The summed E-state index contributed by atoms with van der Waals surface area (Å²) in [5, 5.41) is 40.1. The van der Waals surface area contributed by atoms with Gasteiger partial charge in [0.05, 0.1) is 26.4 Å². The van der Waals surface area contributed by atoms with Gasteiger partial charge in [0, 0.05) is 22.3 Å². The quantitative estimate of drug-likeness (QED) is 0.143. The topological polar surface area (TPSA) is 155 Å². The maximum absolute atomic E-state index is 10.5. The van der Waals surface area contributed by atoms with Crippen LogP contribution in [0, 0.1) is 27.7 Å². The molecule has 0 amide bonds. The normalized spacial score (nSPS) is 30.0. The Hall–Kier alpha value is -3.60. The first-order chi connectivity index (χ1) is 29.0. The molecule has 12 heteroatoms. The van der Waals surface area contributed by atoms with Gasteiger partial charge < -0.3 is 58.3 Å². The summed E-state index contributed by atoms with van der Waals surface area (Å²) in [5.74, 6) is 0. The molecule has 0 saturated carbocycles. The van der Waals surface area contributed by atoms with Gasteiger partial charge in [0.2, 0.25) is 0 Å². The highest BCUT2D eigenvalue weighted by Crippen LogP contribution is 2.41. The van der Waals surface area contributed by atoms with Gasteiger partial charge in [-0.25, -0.2) is 0 Å². The zero-order valence-corrected chi connectivity index (χ0v) is 35.3. The number of hydrogen-bond acceptors (Lipinski definition) is 12. The van der Waals surface area contributed by atoms with Crippen LogP contribution in [0.4, 0.5) is 0 Å². The SMILES string of the molecule is CCc1ccc(C2OC3COC(c4ccc(CC)cc4)OC3C(C(O)CO)O2)cc1.Cc1ccc(C2OC3COC(c4ccc(C)c(C)c4)OC3C(C(O)CO)O2)cc1C. The van der Waals surface area contributed by atoms with Crippen LogP contribution in [0.25, 0.3) is 0 Å². The molecule has 8 rings (SSSR count). The third-order valence-electron chi connectivity index (χ3n) is 12.0. The predicted octanol–water partition coefficient (Wildman–Crippen LogP) is 6.23. The Kier molecular flexibility index (Phi) is 14.9. The molecule has 324 valence electrons. The van der Waals surface area contributed by atoms with Crippen LogP contribution in [-0.4, -0.2) is 95.7 Å². The van der Waals surface area contributed by atoms with Gasteiger partial charge in [-0.2, -0.15) is 0 Å². The molecule has 4 fully saturated rings. The maximum atomic E-state index is 10.5. The van der Waals surface area contributed by atoms with Gasteiger partial charge in [0.1, 0.15) is 48.8 Å². The van der Waals surface area contributed by atoms with E-state index in [1.807, 2.05) is 93.6 Å². The number of aryl methyl sites for hydroxylation is 6. The van der Waals surface area contributed by atoms with Gasteiger partial charge in [-0.3, -0.25) is 0 Å². The van der Waals surface area contributed by atoms with Gasteiger partial charge in [0.25, 0.3) is 0 Å². The lowest BCUT2D eigenvalue weighted by molar-refractivity contribution is -0.373. The fourth-order valence-electron chi connectivity index (χ4n) is 7.86. The first kappa shape index (κ1) is 44.5. The summed E-state index contributed by atoms with van der Waals surface area (Å²) < 4.78 is 48.7. The van der Waals surface area contributed by atoms with E-state index >= 15 is 0 Å². The van der Waals surface area contributed by atoms with E-state index in [-0.39, 0.29) is 0 Å². The van der Waals surface area contributed by atoms with Crippen LogP contribution in [0.2, 0.25) is 0 Å². The summed E-state index contributed by atoms with van der Waals surface area (Å²) in [5.41, 5.74) is 10.7. The Labute approximate surface area is 352 Å². The smallest absolute Gasteiger partial charge is 0.184 e. The van der Waals surface area contributed by atoms with Gasteiger partial charge in [-0.15, -0.1) is 0 Å². The summed E-state index contributed by atoms with van der Waals surface area (Å²) in [7, 11) is 0. The third kappa shape index (κ3) is 10.0. The lowest BCUT2D eigenvalue weighted by Crippen LogP contribution is -2.58. The first-order valence-corrected chi connectivity index (χ1v) is 21.1. The number of aliphatic hydroxyl groups is 4. The number of rotatable bonds is 10. The van der Waals surface area contributed by atoms with Gasteiger partial charge in [-0.1, -0.05) is 98.8 Å². The minimum absolute atomic E-state index is 0.307. The molecule has 0 spiro atoms. The summed E-state index contributed by atoms with van der Waals surface area (Å²) >= 11 is 0. The molecule has 4 aromatic rings. The molecule has 4 heterocycles. The molecule has 60 heavy (non-hydrogen) atoms. The molecular formula is C48H60O12. The summed E-state index contributed by atoms with van der Waals surface area (Å²) in [6.45, 7) is 12.2. The van der Waals surface area contributed by atoms with Gasteiger partial charge in [0.15, 0.2) is 25.2 Å². The number of aliphatic hydroxyl groups excluding tert-OH is 4. The van der Waals surface area contributed by atoms with E-state index in [1.54, 1.807) is 0 Å². The average molecular weight is 829 g/mol. The van der Waals surface area contributed by atoms with Crippen LogP contribution in [0.1, 0.15) is 94.6 Å². The highest BCUT2D eigenvalue weighted by atomic mass is 16.8. The largest absolute Gasteiger partial charge is 0.394 e. The van der Waals surface area contributed by atoms with Crippen molar-refractivity contribution in [2.24, 2.45) is 0 Å². The Bertz CT molecular complexity index is 1980. The van der Waals surface area contributed by atoms with Crippen molar-refractivity contribution < 1.29 is 58.3 Å². The fourth-order valence-corrected chi connectivity index (χ4v) is 7.86. The average Bonchev–Trinajstić information content (AvgIpc) is 3.29. The van der Waals surface area contributed by atoms with Gasteiger partial charge >= 0.3 is 0 Å². The second-order valence-electron chi connectivity index (χ2n) is 16.1. The molecule has 0 aliphatic carbocycles. The second kappa shape index (κ2) is 20.1. The summed E-state index contributed by atoms with van der Waals surface area (Å²) in [6.07, 6.45) is -6.14. The van der Waals surface area contributed by atoms with Crippen molar-refractivity contribution in [2.45, 2.75) is 128 Å². The Morgan fingerprint density at radius 1 is 0.467 bits per heavy atom. The molecule has 0 bridgehead atoms. The molecular weight excluding hydrogens is 769 g/mol. The molecule has 0 aromatic heterocycles. The number of fused-ring (bicyclic) bond motifs is 2. The summed E-state index contributed by atoms with van der Waals surface area (Å²) in [6, 6.07) is 28.1. The highest BCUT2D eigenvalue weighted by molar-refractivity contribution is 5.32. The maximum Gasteiger partial charge on any atom is 0.184 e. The zero-order valence-electron chi connectivity index (χ0n) is 35.3. The third-order valence-corrected chi connectivity index (χ3v) is 12.0. The summed E-state index contributed by atoms with van der Waals surface area (Å²) in [4.78, 5) is 0. The molecule has 12 unspecified atom stereocenters. The Morgan fingerprint density at radius 2 is 0.833 bits per heavy atom. The van der Waals surface area contributed by atoms with Crippen molar-refractivity contribution in [1.29, 1.82) is 0 Å². The van der Waals surface area contributed by atoms with Crippen molar-refractivity contribution in [3.8, 4) is 0 Å². The van der Waals surface area contributed by atoms with E-state index in [2.05, 4.69) is 32.9 Å². The van der Waals surface area contributed by atoms with E-state index in [0.717, 1.165) is 46.2 Å². The standard InChI is InChI=1S/2C24H30O6/c1-13-5-7-17(9-15(13)3)23-27-12-20-22(30-23)21(19(26)11-25)29-24(28-20)18-8-6-14(2)16(4)10-18;1-3-15-5-9-17(10-6-15)23-27-14-20-22(30-23)21(19(26)13-25)29-24(28-20)18-11-7-16(4-2)8-12-18/h5-10,19-26H,11-12H2,1-4H3;5-12,19-26H,3-4,13-14H2,1-2H3. The van der Waals surface area contributed by atoms with E-state index in [1.165, 1.54) is 22.3 Å². The number of benzene rings is 4. The zero-order chi connectivity index (χ0) is 42.5. The van der Waals surface area contributed by atoms with Crippen molar-refractivity contribution in [2.75, 3.05) is 26.4 Å². The molecule has 4 aliphatic heterocycles. The molecule has 12 nitrogen and oxygen atoms in total. The van der Waals surface area contributed by atoms with Crippen LogP contribution >= 0.6 is 0 Å². The monoisotopic (exact) mass is 828 g/mol. The Balaban J connectivity index is 0.000000181. The van der Waals surface area contributed by atoms with Crippen LogP contribution in [0.3, 0.4) is 0 Å². The van der Waals surface area contributed by atoms with Crippen LogP contribution < -0.4 is 0 Å². The lowest BCUT2D eigenvalue weighted by atomic mass is 9.98. The minimum Gasteiger partial charge on any atom is -0.394 e. The van der Waals surface area contributed by atoms with Crippen LogP contribution in [-0.2, 0) is 50.7 Å². The second-order valence-corrected chi connectivity index (χ2v) is 16.1. The molecule has 0 radical (unpaired) electrons. The lowest BCUT2D eigenvalue weighted by Gasteiger charge is -2.47. The highest BCUT2D eigenvalue weighted by Gasteiger charge is 2.49. The predicted molar refractivity (Wildman–Crippen MR) is 222 cm³/mol. The number of hydrogen-bond donors (Lipinski definition) is 4. The van der Waals surface area contributed by atoms with Crippen molar-refractivity contribution in [3.05, 3.63) is 141 Å². The van der Waals surface area contributed by atoms with Gasteiger partial charge in [-0.05, 0) is 73.9 Å². The van der Waals surface area contributed by atoms with Crippen molar-refractivity contribution in [3.63, 3.8) is 0 Å². The fraction of sp³-hybridized carbons (Fsp3) is 0.500. The Morgan fingerprint density at radius 3 is 1.23 bits per heavy atom. The van der Waals surface area contributed by atoms with E-state index in [9.17, 15) is 20.4 Å². The van der Waals surface area contributed by atoms with E-state index in [0.29, 0.717) is 13.2 Å². The van der Waals surface area contributed by atoms with Crippen LogP contribution in [0.5, 0.6) is 0 Å².